The van der Waals surface area contributed by atoms with Gasteiger partial charge in [0, 0.05) is 6.42 Å². The molecule has 1 aliphatic rings. The highest BCUT2D eigenvalue weighted by Crippen LogP contribution is 2.31. The summed E-state index contributed by atoms with van der Waals surface area (Å²) in [5, 5.41) is 8.93. The van der Waals surface area contributed by atoms with Gasteiger partial charge in [0.25, 0.3) is 0 Å². The Morgan fingerprint density at radius 3 is 2.79 bits per heavy atom. The summed E-state index contributed by atoms with van der Waals surface area (Å²) in [6.45, 7) is 6.94. The van der Waals surface area contributed by atoms with E-state index in [4.69, 9.17) is 14.6 Å². The number of aliphatic hydroxyl groups is 1. The van der Waals surface area contributed by atoms with Crippen LogP contribution < -0.4 is 0 Å². The molecule has 1 fully saturated rings. The van der Waals surface area contributed by atoms with Gasteiger partial charge in [-0.2, -0.15) is 0 Å². The molecule has 3 unspecified atom stereocenters. The van der Waals surface area contributed by atoms with E-state index in [-0.39, 0.29) is 12.7 Å². The molecule has 3 atom stereocenters. The van der Waals surface area contributed by atoms with Crippen LogP contribution in [0.2, 0.25) is 0 Å². The second-order valence-electron chi connectivity index (χ2n) is 4.47. The Bertz CT molecular complexity index is 172. The highest BCUT2D eigenvalue weighted by atomic mass is 16.7. The third kappa shape index (κ3) is 3.23. The van der Waals surface area contributed by atoms with Gasteiger partial charge in [-0.1, -0.05) is 26.7 Å². The van der Waals surface area contributed by atoms with Crippen molar-refractivity contribution in [3.05, 3.63) is 0 Å². The summed E-state index contributed by atoms with van der Waals surface area (Å²) in [5.74, 6) is 0.143. The Balaban J connectivity index is 2.35. The predicted octanol–water partition coefficient (Wildman–Crippen LogP) is 1.94. The second-order valence-corrected chi connectivity index (χ2v) is 4.47. The van der Waals surface area contributed by atoms with E-state index < -0.39 is 5.79 Å². The molecule has 0 aromatic carbocycles. The standard InChI is InChI=1S/C11H22O3/c1-4-5-9(2)6-11(3)13-8-10(7-12)14-11/h9-10,12H,4-8H2,1-3H3. The van der Waals surface area contributed by atoms with Crippen LogP contribution in [0, 0.1) is 5.92 Å². The molecule has 3 heteroatoms. The fourth-order valence-electron chi connectivity index (χ4n) is 2.11. The van der Waals surface area contributed by atoms with Crippen LogP contribution in [0.4, 0.5) is 0 Å². The number of rotatable bonds is 5. The molecule has 3 nitrogen and oxygen atoms in total. The number of hydrogen-bond donors (Lipinski definition) is 1. The van der Waals surface area contributed by atoms with Crippen molar-refractivity contribution in [2.24, 2.45) is 5.92 Å². The largest absolute Gasteiger partial charge is 0.394 e. The first kappa shape index (κ1) is 12.0. The summed E-state index contributed by atoms with van der Waals surface area (Å²) in [7, 11) is 0. The van der Waals surface area contributed by atoms with Gasteiger partial charge in [0.15, 0.2) is 5.79 Å². The van der Waals surface area contributed by atoms with Gasteiger partial charge in [-0.15, -0.1) is 0 Å². The summed E-state index contributed by atoms with van der Waals surface area (Å²) >= 11 is 0. The van der Waals surface area contributed by atoms with E-state index >= 15 is 0 Å². The average Bonchev–Trinajstić information content (AvgIpc) is 2.47. The summed E-state index contributed by atoms with van der Waals surface area (Å²) in [4.78, 5) is 0. The minimum Gasteiger partial charge on any atom is -0.394 e. The lowest BCUT2D eigenvalue weighted by molar-refractivity contribution is -0.168. The van der Waals surface area contributed by atoms with Gasteiger partial charge in [0.2, 0.25) is 0 Å². The fraction of sp³-hybridized carbons (Fsp3) is 1.00. The molecular weight excluding hydrogens is 180 g/mol. The van der Waals surface area contributed by atoms with Crippen LogP contribution in [0.25, 0.3) is 0 Å². The Morgan fingerprint density at radius 2 is 2.29 bits per heavy atom. The van der Waals surface area contributed by atoms with Crippen LogP contribution in [-0.4, -0.2) is 30.2 Å². The van der Waals surface area contributed by atoms with Crippen LogP contribution in [0.3, 0.4) is 0 Å². The van der Waals surface area contributed by atoms with Gasteiger partial charge >= 0.3 is 0 Å². The quantitative estimate of drug-likeness (QED) is 0.740. The lowest BCUT2D eigenvalue weighted by atomic mass is 9.97. The molecule has 1 N–H and O–H groups in total. The maximum absolute atomic E-state index is 8.93. The van der Waals surface area contributed by atoms with Crippen LogP contribution in [0.15, 0.2) is 0 Å². The van der Waals surface area contributed by atoms with Crippen molar-refractivity contribution < 1.29 is 14.6 Å². The molecule has 0 radical (unpaired) electrons. The zero-order valence-corrected chi connectivity index (χ0v) is 9.45. The van der Waals surface area contributed by atoms with E-state index in [0.29, 0.717) is 12.5 Å². The van der Waals surface area contributed by atoms with Gasteiger partial charge in [-0.05, 0) is 12.8 Å². The smallest absolute Gasteiger partial charge is 0.166 e. The summed E-state index contributed by atoms with van der Waals surface area (Å²) in [6, 6.07) is 0. The van der Waals surface area contributed by atoms with Crippen molar-refractivity contribution in [3.63, 3.8) is 0 Å². The summed E-state index contributed by atoms with van der Waals surface area (Å²) < 4.78 is 11.2. The minimum absolute atomic E-state index is 0.0533. The molecule has 0 bridgehead atoms. The molecule has 0 aliphatic carbocycles. The first-order valence-electron chi connectivity index (χ1n) is 5.52. The second kappa shape index (κ2) is 5.10. The zero-order valence-electron chi connectivity index (χ0n) is 9.45. The summed E-state index contributed by atoms with van der Waals surface area (Å²) in [5.41, 5.74) is 0. The number of hydrogen-bond acceptors (Lipinski definition) is 3. The number of aliphatic hydroxyl groups excluding tert-OH is 1. The van der Waals surface area contributed by atoms with Crippen LogP contribution in [-0.2, 0) is 9.47 Å². The lowest BCUT2D eigenvalue weighted by Crippen LogP contribution is -2.29. The van der Waals surface area contributed by atoms with Gasteiger partial charge in [-0.3, -0.25) is 0 Å². The normalized spacial score (nSPS) is 34.7. The Labute approximate surface area is 86.4 Å². The topological polar surface area (TPSA) is 38.7 Å². The van der Waals surface area contributed by atoms with Crippen molar-refractivity contribution >= 4 is 0 Å². The third-order valence-electron chi connectivity index (χ3n) is 2.69. The van der Waals surface area contributed by atoms with Gasteiger partial charge in [0.05, 0.1) is 13.2 Å². The van der Waals surface area contributed by atoms with Crippen LogP contribution >= 0.6 is 0 Å². The Hall–Kier alpha value is -0.120. The Morgan fingerprint density at radius 1 is 1.57 bits per heavy atom. The molecule has 1 heterocycles. The van der Waals surface area contributed by atoms with E-state index in [1.54, 1.807) is 0 Å². The monoisotopic (exact) mass is 202 g/mol. The first-order valence-corrected chi connectivity index (χ1v) is 5.52. The molecule has 0 aromatic rings. The van der Waals surface area contributed by atoms with Crippen molar-refractivity contribution in [1.29, 1.82) is 0 Å². The third-order valence-corrected chi connectivity index (χ3v) is 2.69. The maximum Gasteiger partial charge on any atom is 0.166 e. The van der Waals surface area contributed by atoms with Gasteiger partial charge in [0.1, 0.15) is 6.10 Å². The van der Waals surface area contributed by atoms with E-state index in [1.165, 1.54) is 12.8 Å². The van der Waals surface area contributed by atoms with Crippen LogP contribution in [0.1, 0.15) is 40.0 Å². The minimum atomic E-state index is -0.470. The first-order chi connectivity index (χ1) is 6.59. The lowest BCUT2D eigenvalue weighted by Gasteiger charge is -2.26. The zero-order chi connectivity index (χ0) is 10.6. The fourth-order valence-corrected chi connectivity index (χ4v) is 2.11. The molecule has 84 valence electrons. The highest BCUT2D eigenvalue weighted by molar-refractivity contribution is 4.76. The molecule has 1 rings (SSSR count). The molecule has 0 amide bonds. The molecule has 0 aromatic heterocycles. The highest BCUT2D eigenvalue weighted by Gasteiger charge is 2.37. The number of ether oxygens (including phenoxy) is 2. The van der Waals surface area contributed by atoms with Crippen molar-refractivity contribution in [1.82, 2.24) is 0 Å². The molecule has 1 aliphatic heterocycles. The SMILES string of the molecule is CCCC(C)CC1(C)OCC(CO)O1. The van der Waals surface area contributed by atoms with E-state index in [1.807, 2.05) is 6.92 Å². The van der Waals surface area contributed by atoms with E-state index in [9.17, 15) is 0 Å². The summed E-state index contributed by atoms with van der Waals surface area (Å²) in [6.07, 6.45) is 3.18. The maximum atomic E-state index is 8.93. The average molecular weight is 202 g/mol. The van der Waals surface area contributed by atoms with Crippen molar-refractivity contribution in [2.75, 3.05) is 13.2 Å². The van der Waals surface area contributed by atoms with Gasteiger partial charge < -0.3 is 14.6 Å². The van der Waals surface area contributed by atoms with Gasteiger partial charge in [-0.25, -0.2) is 0 Å². The molecular formula is C11H22O3. The van der Waals surface area contributed by atoms with Crippen LogP contribution in [0.5, 0.6) is 0 Å². The van der Waals surface area contributed by atoms with E-state index in [2.05, 4.69) is 13.8 Å². The van der Waals surface area contributed by atoms with Crippen molar-refractivity contribution in [2.45, 2.75) is 51.9 Å². The van der Waals surface area contributed by atoms with Crippen molar-refractivity contribution in [3.8, 4) is 0 Å². The van der Waals surface area contributed by atoms with E-state index in [0.717, 1.165) is 6.42 Å². The molecule has 1 saturated heterocycles. The predicted molar refractivity (Wildman–Crippen MR) is 55.0 cm³/mol. The molecule has 0 spiro atoms. The Kier molecular flexibility index (Phi) is 4.35. The molecule has 0 saturated carbocycles. The molecule has 14 heavy (non-hydrogen) atoms.